The lowest BCUT2D eigenvalue weighted by Crippen LogP contribution is -2.34. The first-order valence-corrected chi connectivity index (χ1v) is 6.60. The number of aryl methyl sites for hydroxylation is 2. The molecule has 2 N–H and O–H groups in total. The third-order valence-electron chi connectivity index (χ3n) is 3.83. The molecule has 4 nitrogen and oxygen atoms in total. The number of aromatic nitrogens is 2. The smallest absolute Gasteiger partial charge is 0.0625 e. The van der Waals surface area contributed by atoms with Gasteiger partial charge in [0.25, 0.3) is 0 Å². The van der Waals surface area contributed by atoms with Crippen LogP contribution in [0, 0.1) is 5.92 Å². The monoisotopic (exact) mass is 237 g/mol. The van der Waals surface area contributed by atoms with E-state index in [1.165, 1.54) is 18.5 Å². The zero-order valence-electron chi connectivity index (χ0n) is 10.8. The number of hydrogen-bond donors (Lipinski definition) is 2. The largest absolute Gasteiger partial charge is 0.396 e. The van der Waals surface area contributed by atoms with Crippen molar-refractivity contribution in [3.05, 3.63) is 17.5 Å². The number of aliphatic hydroxyl groups is 1. The summed E-state index contributed by atoms with van der Waals surface area (Å²) in [7, 11) is 1.99. The molecule has 2 atom stereocenters. The van der Waals surface area contributed by atoms with Crippen LogP contribution in [0.3, 0.4) is 0 Å². The Morgan fingerprint density at radius 2 is 2.35 bits per heavy atom. The maximum absolute atomic E-state index is 9.27. The predicted molar refractivity (Wildman–Crippen MR) is 67.6 cm³/mol. The molecule has 0 amide bonds. The Balaban J connectivity index is 1.90. The molecule has 0 spiro atoms. The van der Waals surface area contributed by atoms with Crippen molar-refractivity contribution in [1.82, 2.24) is 15.1 Å². The molecule has 1 fully saturated rings. The van der Waals surface area contributed by atoms with Gasteiger partial charge in [0, 0.05) is 26.2 Å². The van der Waals surface area contributed by atoms with Crippen molar-refractivity contribution in [1.29, 1.82) is 0 Å². The van der Waals surface area contributed by atoms with Gasteiger partial charge in [0.1, 0.15) is 0 Å². The molecule has 1 aliphatic rings. The van der Waals surface area contributed by atoms with Crippen LogP contribution in [0.2, 0.25) is 0 Å². The van der Waals surface area contributed by atoms with E-state index in [1.54, 1.807) is 0 Å². The SMILES string of the molecule is CCc1cc(CNC2CCCC2CO)n(C)n1. The summed E-state index contributed by atoms with van der Waals surface area (Å²) in [5.41, 5.74) is 2.37. The second-order valence-corrected chi connectivity index (χ2v) is 4.97. The molecule has 4 heteroatoms. The highest BCUT2D eigenvalue weighted by molar-refractivity contribution is 5.10. The first kappa shape index (κ1) is 12.6. The predicted octanol–water partition coefficient (Wildman–Crippen LogP) is 1.23. The van der Waals surface area contributed by atoms with Gasteiger partial charge in [-0.15, -0.1) is 0 Å². The summed E-state index contributed by atoms with van der Waals surface area (Å²) in [4.78, 5) is 0. The minimum absolute atomic E-state index is 0.309. The second kappa shape index (κ2) is 5.65. The van der Waals surface area contributed by atoms with Crippen LogP contribution < -0.4 is 5.32 Å². The van der Waals surface area contributed by atoms with Crippen LogP contribution in [0.1, 0.15) is 37.6 Å². The summed E-state index contributed by atoms with van der Waals surface area (Å²) in [6.45, 7) is 3.28. The summed E-state index contributed by atoms with van der Waals surface area (Å²) in [5, 5.41) is 17.3. The van der Waals surface area contributed by atoms with Crippen molar-refractivity contribution in [2.45, 2.75) is 45.2 Å². The molecule has 2 unspecified atom stereocenters. The molecular formula is C13H23N3O. The van der Waals surface area contributed by atoms with Gasteiger partial charge in [0.2, 0.25) is 0 Å². The lowest BCUT2D eigenvalue weighted by atomic mass is 10.1. The van der Waals surface area contributed by atoms with E-state index in [-0.39, 0.29) is 0 Å². The second-order valence-electron chi connectivity index (χ2n) is 4.97. The Morgan fingerprint density at radius 1 is 1.53 bits per heavy atom. The zero-order chi connectivity index (χ0) is 12.3. The molecule has 96 valence electrons. The first-order valence-electron chi connectivity index (χ1n) is 6.60. The average molecular weight is 237 g/mol. The molecule has 1 aliphatic carbocycles. The molecule has 1 aromatic heterocycles. The molecule has 17 heavy (non-hydrogen) atoms. The maximum atomic E-state index is 9.27. The van der Waals surface area contributed by atoms with Crippen molar-refractivity contribution < 1.29 is 5.11 Å². The molecule has 0 radical (unpaired) electrons. The van der Waals surface area contributed by atoms with Gasteiger partial charge in [-0.3, -0.25) is 4.68 Å². The van der Waals surface area contributed by atoms with Crippen LogP contribution in [-0.2, 0) is 20.0 Å². The number of nitrogens with zero attached hydrogens (tertiary/aromatic N) is 2. The van der Waals surface area contributed by atoms with E-state index in [0.29, 0.717) is 18.6 Å². The van der Waals surface area contributed by atoms with Crippen molar-refractivity contribution in [2.24, 2.45) is 13.0 Å². The third kappa shape index (κ3) is 2.87. The maximum Gasteiger partial charge on any atom is 0.0625 e. The van der Waals surface area contributed by atoms with Crippen LogP contribution in [0.4, 0.5) is 0 Å². The van der Waals surface area contributed by atoms with E-state index >= 15 is 0 Å². The van der Waals surface area contributed by atoms with Crippen LogP contribution in [-0.4, -0.2) is 27.5 Å². The van der Waals surface area contributed by atoms with Gasteiger partial charge in [-0.2, -0.15) is 5.10 Å². The molecule has 1 saturated carbocycles. The summed E-state index contributed by atoms with van der Waals surface area (Å²) >= 11 is 0. The highest BCUT2D eigenvalue weighted by atomic mass is 16.3. The van der Waals surface area contributed by atoms with E-state index in [0.717, 1.165) is 25.1 Å². The van der Waals surface area contributed by atoms with Gasteiger partial charge in [-0.25, -0.2) is 0 Å². The van der Waals surface area contributed by atoms with Crippen LogP contribution in [0.25, 0.3) is 0 Å². The Hall–Kier alpha value is -0.870. The van der Waals surface area contributed by atoms with Crippen molar-refractivity contribution in [2.75, 3.05) is 6.61 Å². The van der Waals surface area contributed by atoms with Gasteiger partial charge in [-0.05, 0) is 31.2 Å². The van der Waals surface area contributed by atoms with E-state index < -0.39 is 0 Å². The van der Waals surface area contributed by atoms with E-state index in [4.69, 9.17) is 0 Å². The van der Waals surface area contributed by atoms with Crippen molar-refractivity contribution >= 4 is 0 Å². The van der Waals surface area contributed by atoms with Crippen LogP contribution in [0.5, 0.6) is 0 Å². The first-order chi connectivity index (χ1) is 8.24. The van der Waals surface area contributed by atoms with Gasteiger partial charge in [0.15, 0.2) is 0 Å². The van der Waals surface area contributed by atoms with Gasteiger partial charge >= 0.3 is 0 Å². The number of nitrogens with one attached hydrogen (secondary N) is 1. The summed E-state index contributed by atoms with van der Waals surface area (Å²) < 4.78 is 1.95. The molecule has 0 aromatic carbocycles. The number of aliphatic hydroxyl groups excluding tert-OH is 1. The Morgan fingerprint density at radius 3 is 3.00 bits per heavy atom. The highest BCUT2D eigenvalue weighted by Gasteiger charge is 2.26. The molecular weight excluding hydrogens is 214 g/mol. The van der Waals surface area contributed by atoms with Gasteiger partial charge in [-0.1, -0.05) is 13.3 Å². The van der Waals surface area contributed by atoms with E-state index in [2.05, 4.69) is 23.4 Å². The average Bonchev–Trinajstić information content (AvgIpc) is 2.92. The normalized spacial score (nSPS) is 24.4. The van der Waals surface area contributed by atoms with Crippen molar-refractivity contribution in [3.63, 3.8) is 0 Å². The fourth-order valence-corrected chi connectivity index (χ4v) is 2.67. The standard InChI is InChI=1S/C13H23N3O/c1-3-11-7-12(16(2)15-11)8-14-13-6-4-5-10(13)9-17/h7,10,13-14,17H,3-6,8-9H2,1-2H3. The lowest BCUT2D eigenvalue weighted by Gasteiger charge is -2.18. The quantitative estimate of drug-likeness (QED) is 0.810. The minimum Gasteiger partial charge on any atom is -0.396 e. The van der Waals surface area contributed by atoms with E-state index in [1.807, 2.05) is 11.7 Å². The Bertz CT molecular complexity index is 362. The van der Waals surface area contributed by atoms with Crippen LogP contribution in [0.15, 0.2) is 6.07 Å². The Labute approximate surface area is 103 Å². The summed E-state index contributed by atoms with van der Waals surface area (Å²) in [6.07, 6.45) is 4.55. The Kier molecular flexibility index (Phi) is 4.18. The third-order valence-corrected chi connectivity index (χ3v) is 3.83. The fourth-order valence-electron chi connectivity index (χ4n) is 2.67. The molecule has 0 aliphatic heterocycles. The molecule has 0 bridgehead atoms. The van der Waals surface area contributed by atoms with Crippen LogP contribution >= 0.6 is 0 Å². The number of rotatable bonds is 5. The van der Waals surface area contributed by atoms with Gasteiger partial charge < -0.3 is 10.4 Å². The summed E-state index contributed by atoms with van der Waals surface area (Å²) in [5.74, 6) is 0.439. The van der Waals surface area contributed by atoms with Crippen molar-refractivity contribution in [3.8, 4) is 0 Å². The molecule has 0 saturated heterocycles. The zero-order valence-corrected chi connectivity index (χ0v) is 10.8. The highest BCUT2D eigenvalue weighted by Crippen LogP contribution is 2.25. The topological polar surface area (TPSA) is 50.1 Å². The summed E-state index contributed by atoms with van der Waals surface area (Å²) in [6, 6.07) is 2.63. The molecule has 2 rings (SSSR count). The fraction of sp³-hybridized carbons (Fsp3) is 0.769. The molecule has 1 heterocycles. The lowest BCUT2D eigenvalue weighted by molar-refractivity contribution is 0.204. The minimum atomic E-state index is 0.309. The molecule has 1 aromatic rings. The van der Waals surface area contributed by atoms with Gasteiger partial charge in [0.05, 0.1) is 11.4 Å². The number of hydrogen-bond acceptors (Lipinski definition) is 3. The van der Waals surface area contributed by atoms with E-state index in [9.17, 15) is 5.11 Å².